The van der Waals surface area contributed by atoms with Crippen molar-refractivity contribution in [1.29, 1.82) is 0 Å². The lowest BCUT2D eigenvalue weighted by atomic mass is 9.96. The van der Waals surface area contributed by atoms with E-state index in [0.717, 1.165) is 31.5 Å². The maximum absolute atomic E-state index is 13.0. The predicted octanol–water partition coefficient (Wildman–Crippen LogP) is 4.31. The normalized spacial score (nSPS) is 18.6. The number of halogens is 3. The van der Waals surface area contributed by atoms with Crippen molar-refractivity contribution in [2.75, 3.05) is 19.6 Å². The van der Waals surface area contributed by atoms with Gasteiger partial charge in [-0.25, -0.2) is 0 Å². The Morgan fingerprint density at radius 2 is 1.61 bits per heavy atom. The molecular weight excluding hydrogens is 301 g/mol. The molecule has 2 nitrogen and oxygen atoms in total. The van der Waals surface area contributed by atoms with Crippen LogP contribution in [0.5, 0.6) is 0 Å². The van der Waals surface area contributed by atoms with Crippen LogP contribution < -0.4 is 0 Å². The van der Waals surface area contributed by atoms with Crippen molar-refractivity contribution in [2.45, 2.75) is 57.9 Å². The third kappa shape index (κ3) is 5.81. The van der Waals surface area contributed by atoms with E-state index in [1.165, 1.54) is 0 Å². The minimum Gasteiger partial charge on any atom is -0.298 e. The van der Waals surface area contributed by atoms with Gasteiger partial charge in [-0.3, -0.25) is 9.80 Å². The SMILES string of the molecule is CC(C)(C)N1CCC(N(Cc2ccccc2)CC(F)(F)F)CC1. The first-order valence-corrected chi connectivity index (χ1v) is 8.25. The van der Waals surface area contributed by atoms with E-state index in [9.17, 15) is 13.2 Å². The van der Waals surface area contributed by atoms with Crippen molar-refractivity contribution in [3.63, 3.8) is 0 Å². The van der Waals surface area contributed by atoms with E-state index >= 15 is 0 Å². The molecule has 0 radical (unpaired) electrons. The highest BCUT2D eigenvalue weighted by Gasteiger charge is 2.36. The number of alkyl halides is 3. The average Bonchev–Trinajstić information content (AvgIpc) is 2.45. The maximum atomic E-state index is 13.0. The Labute approximate surface area is 137 Å². The summed E-state index contributed by atoms with van der Waals surface area (Å²) in [5, 5.41) is 0. The van der Waals surface area contributed by atoms with Crippen molar-refractivity contribution in [3.05, 3.63) is 35.9 Å². The summed E-state index contributed by atoms with van der Waals surface area (Å²) < 4.78 is 38.9. The molecule has 1 aromatic rings. The lowest BCUT2D eigenvalue weighted by Crippen LogP contribution is -2.52. The lowest BCUT2D eigenvalue weighted by Gasteiger charge is -2.44. The molecule has 0 atom stereocenters. The van der Waals surface area contributed by atoms with E-state index in [4.69, 9.17) is 0 Å². The summed E-state index contributed by atoms with van der Waals surface area (Å²) in [7, 11) is 0. The molecule has 1 heterocycles. The molecule has 130 valence electrons. The van der Waals surface area contributed by atoms with E-state index in [0.29, 0.717) is 6.54 Å². The van der Waals surface area contributed by atoms with Crippen LogP contribution >= 0.6 is 0 Å². The standard InChI is InChI=1S/C18H27F3N2/c1-17(2,3)23-11-9-16(10-12-23)22(14-18(19,20)21)13-15-7-5-4-6-8-15/h4-8,16H,9-14H2,1-3H3. The second-order valence-electron chi connectivity index (χ2n) is 7.39. The van der Waals surface area contributed by atoms with Gasteiger partial charge in [0, 0.05) is 31.2 Å². The Bertz CT molecular complexity index is 471. The molecule has 0 saturated carbocycles. The molecule has 0 amide bonds. The summed E-state index contributed by atoms with van der Waals surface area (Å²) >= 11 is 0. The number of likely N-dealkylation sites (tertiary alicyclic amines) is 1. The van der Waals surface area contributed by atoms with Crippen LogP contribution in [0.2, 0.25) is 0 Å². The number of nitrogens with zero attached hydrogens (tertiary/aromatic N) is 2. The lowest BCUT2D eigenvalue weighted by molar-refractivity contribution is -0.155. The highest BCUT2D eigenvalue weighted by atomic mass is 19.4. The van der Waals surface area contributed by atoms with Gasteiger partial charge in [0.25, 0.3) is 0 Å². The van der Waals surface area contributed by atoms with Gasteiger partial charge in [0.1, 0.15) is 0 Å². The van der Waals surface area contributed by atoms with Gasteiger partial charge >= 0.3 is 6.18 Å². The first-order valence-electron chi connectivity index (χ1n) is 8.25. The molecule has 0 unspecified atom stereocenters. The van der Waals surface area contributed by atoms with Gasteiger partial charge in [-0.15, -0.1) is 0 Å². The Morgan fingerprint density at radius 1 is 1.04 bits per heavy atom. The van der Waals surface area contributed by atoms with Crippen LogP contribution in [0.4, 0.5) is 13.2 Å². The van der Waals surface area contributed by atoms with Crippen LogP contribution in [-0.2, 0) is 6.54 Å². The smallest absolute Gasteiger partial charge is 0.298 e. The molecule has 1 aromatic carbocycles. The molecule has 0 bridgehead atoms. The second-order valence-corrected chi connectivity index (χ2v) is 7.39. The zero-order valence-electron chi connectivity index (χ0n) is 14.2. The highest BCUT2D eigenvalue weighted by Crippen LogP contribution is 2.27. The molecule has 2 rings (SSSR count). The highest BCUT2D eigenvalue weighted by molar-refractivity contribution is 5.14. The summed E-state index contributed by atoms with van der Waals surface area (Å²) in [5.74, 6) is 0. The molecule has 0 N–H and O–H groups in total. The van der Waals surface area contributed by atoms with Gasteiger partial charge in [-0.05, 0) is 39.2 Å². The van der Waals surface area contributed by atoms with Crippen molar-refractivity contribution >= 4 is 0 Å². The zero-order valence-corrected chi connectivity index (χ0v) is 14.2. The molecule has 1 saturated heterocycles. The van der Waals surface area contributed by atoms with Gasteiger partial charge in [-0.1, -0.05) is 30.3 Å². The van der Waals surface area contributed by atoms with Crippen LogP contribution in [-0.4, -0.2) is 47.2 Å². The summed E-state index contributed by atoms with van der Waals surface area (Å²) in [6.07, 6.45) is -2.57. The van der Waals surface area contributed by atoms with E-state index in [2.05, 4.69) is 25.7 Å². The first kappa shape index (κ1) is 18.3. The van der Waals surface area contributed by atoms with Gasteiger partial charge in [0.05, 0.1) is 6.54 Å². The zero-order chi connectivity index (χ0) is 17.1. The Morgan fingerprint density at radius 3 is 2.09 bits per heavy atom. The van der Waals surface area contributed by atoms with E-state index < -0.39 is 12.7 Å². The number of hydrogen-bond acceptors (Lipinski definition) is 2. The van der Waals surface area contributed by atoms with Crippen molar-refractivity contribution < 1.29 is 13.2 Å². The quantitative estimate of drug-likeness (QED) is 0.812. The molecule has 0 aromatic heterocycles. The Balaban J connectivity index is 2.03. The van der Waals surface area contributed by atoms with Gasteiger partial charge in [0.15, 0.2) is 0 Å². The molecule has 23 heavy (non-hydrogen) atoms. The Hall–Kier alpha value is -1.07. The third-order valence-corrected chi connectivity index (χ3v) is 4.54. The predicted molar refractivity (Wildman–Crippen MR) is 87.3 cm³/mol. The molecule has 1 fully saturated rings. The number of piperidine rings is 1. The fourth-order valence-corrected chi connectivity index (χ4v) is 3.26. The van der Waals surface area contributed by atoms with Crippen LogP contribution in [0.1, 0.15) is 39.2 Å². The van der Waals surface area contributed by atoms with Crippen molar-refractivity contribution in [1.82, 2.24) is 9.80 Å². The number of benzene rings is 1. The molecule has 1 aliphatic rings. The molecule has 0 spiro atoms. The van der Waals surface area contributed by atoms with Crippen LogP contribution in [0, 0.1) is 0 Å². The topological polar surface area (TPSA) is 6.48 Å². The van der Waals surface area contributed by atoms with Gasteiger partial charge in [-0.2, -0.15) is 13.2 Å². The first-order chi connectivity index (χ1) is 10.6. The summed E-state index contributed by atoms with van der Waals surface area (Å²) in [5.41, 5.74) is 1.02. The minimum atomic E-state index is -4.16. The molecule has 0 aliphatic carbocycles. The summed E-state index contributed by atoms with van der Waals surface area (Å²) in [6.45, 7) is 7.72. The minimum absolute atomic E-state index is 0.00423. The largest absolute Gasteiger partial charge is 0.401 e. The fourth-order valence-electron chi connectivity index (χ4n) is 3.26. The fraction of sp³-hybridized carbons (Fsp3) is 0.667. The molecule has 1 aliphatic heterocycles. The summed E-state index contributed by atoms with van der Waals surface area (Å²) in [4.78, 5) is 3.97. The average molecular weight is 328 g/mol. The van der Waals surface area contributed by atoms with E-state index in [1.807, 2.05) is 30.3 Å². The van der Waals surface area contributed by atoms with Crippen molar-refractivity contribution in [3.8, 4) is 0 Å². The molecular formula is C18H27F3N2. The van der Waals surface area contributed by atoms with Gasteiger partial charge < -0.3 is 0 Å². The van der Waals surface area contributed by atoms with Crippen LogP contribution in [0.25, 0.3) is 0 Å². The maximum Gasteiger partial charge on any atom is 0.401 e. The summed E-state index contributed by atoms with van der Waals surface area (Å²) in [6, 6.07) is 9.43. The number of hydrogen-bond donors (Lipinski definition) is 0. The number of rotatable bonds is 4. The third-order valence-electron chi connectivity index (χ3n) is 4.54. The Kier molecular flexibility index (Phi) is 5.74. The van der Waals surface area contributed by atoms with Gasteiger partial charge in [0.2, 0.25) is 0 Å². The monoisotopic (exact) mass is 328 g/mol. The van der Waals surface area contributed by atoms with E-state index in [-0.39, 0.29) is 11.6 Å². The van der Waals surface area contributed by atoms with Crippen molar-refractivity contribution in [2.24, 2.45) is 0 Å². The van der Waals surface area contributed by atoms with Crippen LogP contribution in [0.3, 0.4) is 0 Å². The van der Waals surface area contributed by atoms with E-state index in [1.54, 1.807) is 4.90 Å². The second kappa shape index (κ2) is 7.22. The van der Waals surface area contributed by atoms with Crippen LogP contribution in [0.15, 0.2) is 30.3 Å². The molecule has 5 heteroatoms.